The molecular weight excluding hydrogens is 1090 g/mol. The third-order valence-electron chi connectivity index (χ3n) is 14.2. The molecule has 10 atom stereocenters. The highest BCUT2D eigenvalue weighted by molar-refractivity contribution is 5.99. The number of carboxylic acid groups (broad SMARTS) is 3. The topological polar surface area (TPSA) is 466 Å². The summed E-state index contributed by atoms with van der Waals surface area (Å²) in [5.41, 5.74) is 11.3. The van der Waals surface area contributed by atoms with Gasteiger partial charge in [-0.15, -0.1) is 0 Å². The number of rotatable bonds is 30. The van der Waals surface area contributed by atoms with Crippen molar-refractivity contribution < 1.29 is 87.5 Å². The summed E-state index contributed by atoms with van der Waals surface area (Å²) < 4.78 is 0. The van der Waals surface area contributed by atoms with E-state index >= 15 is 0 Å². The van der Waals surface area contributed by atoms with Crippen LogP contribution in [0.15, 0.2) is 24.3 Å². The van der Waals surface area contributed by atoms with Crippen molar-refractivity contribution in [3.8, 4) is 5.75 Å². The van der Waals surface area contributed by atoms with Gasteiger partial charge in [-0.2, -0.15) is 0 Å². The van der Waals surface area contributed by atoms with Gasteiger partial charge >= 0.3 is 17.9 Å². The number of aliphatic carboxylic acids is 3. The summed E-state index contributed by atoms with van der Waals surface area (Å²) >= 11 is 0. The van der Waals surface area contributed by atoms with Crippen molar-refractivity contribution in [2.24, 2.45) is 23.3 Å². The zero-order chi connectivity index (χ0) is 62.0. The Morgan fingerprint density at radius 3 is 1.55 bits per heavy atom. The minimum Gasteiger partial charge on any atom is -0.508 e. The number of nitrogens with one attached hydrogen (secondary N) is 7. The van der Waals surface area contributed by atoms with Crippen molar-refractivity contribution >= 4 is 82.9 Å². The Morgan fingerprint density at radius 1 is 0.566 bits per heavy atom. The van der Waals surface area contributed by atoms with Crippen LogP contribution in [0.1, 0.15) is 111 Å². The SMILES string of the molecule is CC(C)C[C@H](NC(=O)[C@@H]1CCCN1C(=O)[C@H](C)N)C(=O)N[C@@H](CCC(=O)O)C(=O)N1CCC[C@H]1C(=O)N[C@H](C(=O)N[C@@H](Cc1ccc(O)cc1)C(=O)N1CCC[C@H]1C(=O)NCC(=O)N[C@@H](CC(=O)O)C(=O)N[C@@H](CC(N)=O)C(=O)O)C(C)C. The van der Waals surface area contributed by atoms with Crippen LogP contribution in [0.25, 0.3) is 0 Å². The van der Waals surface area contributed by atoms with Gasteiger partial charge in [0, 0.05) is 32.5 Å². The fourth-order valence-electron chi connectivity index (χ4n) is 10.0. The van der Waals surface area contributed by atoms with E-state index in [0.29, 0.717) is 24.8 Å². The van der Waals surface area contributed by atoms with E-state index in [9.17, 15) is 87.5 Å². The third-order valence-corrected chi connectivity index (χ3v) is 14.2. The molecule has 0 radical (unpaired) electrons. The monoisotopic (exact) mass is 1170 g/mol. The molecule has 3 saturated heterocycles. The summed E-state index contributed by atoms with van der Waals surface area (Å²) in [5.74, 6) is -14.9. The second-order valence-corrected chi connectivity index (χ2v) is 21.7. The number of nitrogens with zero attached hydrogens (tertiary/aromatic N) is 3. The van der Waals surface area contributed by atoms with E-state index in [1.54, 1.807) is 27.7 Å². The van der Waals surface area contributed by atoms with Gasteiger partial charge in [0.1, 0.15) is 60.1 Å². The molecule has 4 rings (SSSR count). The first kappa shape index (κ1) is 67.1. The van der Waals surface area contributed by atoms with Crippen LogP contribution in [0.2, 0.25) is 0 Å². The van der Waals surface area contributed by atoms with Crippen LogP contribution in [0.5, 0.6) is 5.75 Å². The molecule has 3 aliphatic rings. The lowest BCUT2D eigenvalue weighted by molar-refractivity contribution is -0.145. The Balaban J connectivity index is 1.50. The van der Waals surface area contributed by atoms with Crippen molar-refractivity contribution in [3.05, 3.63) is 29.8 Å². The lowest BCUT2D eigenvalue weighted by Gasteiger charge is -2.32. The summed E-state index contributed by atoms with van der Waals surface area (Å²) in [6.45, 7) is 7.73. The van der Waals surface area contributed by atoms with Crippen LogP contribution in [0, 0.1) is 11.8 Å². The van der Waals surface area contributed by atoms with Gasteiger partial charge in [-0.1, -0.05) is 39.8 Å². The molecule has 0 bridgehead atoms. The van der Waals surface area contributed by atoms with E-state index in [1.807, 2.05) is 5.32 Å². The molecule has 0 aromatic heterocycles. The molecular formula is C53H78N12O18. The maximum atomic E-state index is 14.6. The van der Waals surface area contributed by atoms with Crippen molar-refractivity contribution in [1.29, 1.82) is 0 Å². The number of nitrogens with two attached hydrogens (primary N) is 2. The maximum absolute atomic E-state index is 14.6. The van der Waals surface area contributed by atoms with Crippen LogP contribution < -0.4 is 48.7 Å². The Kier molecular flexibility index (Phi) is 25.1. The number of amides is 11. The summed E-state index contributed by atoms with van der Waals surface area (Å²) in [4.78, 5) is 188. The molecule has 30 nitrogen and oxygen atoms in total. The van der Waals surface area contributed by atoms with Gasteiger partial charge in [0.2, 0.25) is 65.0 Å². The first-order valence-electron chi connectivity index (χ1n) is 27.5. The van der Waals surface area contributed by atoms with E-state index in [0.717, 1.165) is 0 Å². The molecule has 11 amide bonds. The number of benzene rings is 1. The number of aromatic hydroxyl groups is 1. The summed E-state index contributed by atoms with van der Waals surface area (Å²) in [7, 11) is 0. The number of carbonyl (C=O) groups excluding carboxylic acids is 11. The number of phenols is 1. The fourth-order valence-corrected chi connectivity index (χ4v) is 10.0. The second kappa shape index (κ2) is 31.1. The normalized spacial score (nSPS) is 19.2. The molecule has 458 valence electrons. The Morgan fingerprint density at radius 2 is 1.06 bits per heavy atom. The number of hydrogen-bond acceptors (Lipinski definition) is 16. The molecule has 3 heterocycles. The highest BCUT2D eigenvalue weighted by Crippen LogP contribution is 2.24. The number of primary amides is 1. The van der Waals surface area contributed by atoms with E-state index in [4.69, 9.17) is 11.5 Å². The average molecular weight is 1170 g/mol. The van der Waals surface area contributed by atoms with Crippen LogP contribution in [0.3, 0.4) is 0 Å². The van der Waals surface area contributed by atoms with E-state index < -0.39 is 181 Å². The van der Waals surface area contributed by atoms with E-state index in [1.165, 1.54) is 45.9 Å². The number of likely N-dealkylation sites (tertiary alicyclic amines) is 3. The molecule has 0 saturated carbocycles. The predicted octanol–water partition coefficient (Wildman–Crippen LogP) is -3.72. The Labute approximate surface area is 478 Å². The number of carboxylic acids is 3. The van der Waals surface area contributed by atoms with Crippen LogP contribution >= 0.6 is 0 Å². The summed E-state index contributed by atoms with van der Waals surface area (Å²) in [6, 6.07) is -7.77. The Bertz CT molecular complexity index is 2600. The largest absolute Gasteiger partial charge is 0.508 e. The summed E-state index contributed by atoms with van der Waals surface area (Å²) in [6.07, 6.45) is -1.36. The first-order valence-corrected chi connectivity index (χ1v) is 27.5. The average Bonchev–Trinajstić information content (AvgIpc) is 4.21. The molecule has 0 spiro atoms. The quantitative estimate of drug-likeness (QED) is 0.0352. The lowest BCUT2D eigenvalue weighted by atomic mass is 9.99. The molecule has 15 N–H and O–H groups in total. The van der Waals surface area contributed by atoms with E-state index in [2.05, 4.69) is 31.9 Å². The number of carbonyl (C=O) groups is 14. The van der Waals surface area contributed by atoms with Gasteiger partial charge in [-0.05, 0) is 87.8 Å². The van der Waals surface area contributed by atoms with Crippen molar-refractivity contribution in [1.82, 2.24) is 51.9 Å². The zero-order valence-electron chi connectivity index (χ0n) is 47.1. The second-order valence-electron chi connectivity index (χ2n) is 21.7. The van der Waals surface area contributed by atoms with E-state index in [-0.39, 0.29) is 63.4 Å². The number of hydrogen-bond donors (Lipinski definition) is 13. The molecule has 30 heteroatoms. The van der Waals surface area contributed by atoms with Gasteiger partial charge < -0.3 is 83.8 Å². The zero-order valence-corrected chi connectivity index (χ0v) is 47.1. The molecule has 3 fully saturated rings. The molecule has 0 aliphatic carbocycles. The number of phenolic OH excluding ortho intramolecular Hbond substituents is 1. The van der Waals surface area contributed by atoms with Crippen LogP contribution in [-0.4, -0.2) is 205 Å². The molecule has 1 aromatic rings. The first-order chi connectivity index (χ1) is 39.0. The van der Waals surface area contributed by atoms with Gasteiger partial charge in [0.05, 0.1) is 25.4 Å². The smallest absolute Gasteiger partial charge is 0.326 e. The minimum absolute atomic E-state index is 0.00167. The van der Waals surface area contributed by atoms with Crippen LogP contribution in [0.4, 0.5) is 0 Å². The molecule has 1 aromatic carbocycles. The maximum Gasteiger partial charge on any atom is 0.326 e. The lowest BCUT2D eigenvalue weighted by Crippen LogP contribution is -2.61. The standard InChI is InChI=1S/C53H78N12O18/c1-26(2)21-32(59-47(76)37-10-7-18-63(37)50(79)28(5)54)44(73)58-31(16-17-41(69)70)51(80)65-20-8-11-38(65)48(77)62-43(27(3)4)49(78)60-34(22-29-12-14-30(66)15-13-29)52(81)64-19-6-9-36(64)46(75)56-25-40(68)57-33(24-42(71)72)45(74)61-35(53(82)83)23-39(55)67/h12-15,26-28,31-38,43,66H,6-11,16-25,54H2,1-5H3,(H2,55,67)(H,56,75)(H,57,68)(H,58,73)(H,59,76)(H,60,78)(H,61,74)(H,62,77)(H,69,70)(H,71,72)(H,82,83)/t28-,31-,32-,33-,34-,35-,36-,37-,38-,43-/m0/s1. The van der Waals surface area contributed by atoms with Crippen LogP contribution in [-0.2, 0) is 73.5 Å². The van der Waals surface area contributed by atoms with Gasteiger partial charge in [-0.25, -0.2) is 4.79 Å². The van der Waals surface area contributed by atoms with Gasteiger partial charge in [0.25, 0.3) is 0 Å². The van der Waals surface area contributed by atoms with Gasteiger partial charge in [-0.3, -0.25) is 62.3 Å². The summed E-state index contributed by atoms with van der Waals surface area (Å²) in [5, 5.41) is 55.5. The highest BCUT2D eigenvalue weighted by Gasteiger charge is 2.43. The predicted molar refractivity (Wildman–Crippen MR) is 289 cm³/mol. The van der Waals surface area contributed by atoms with Gasteiger partial charge in [0.15, 0.2) is 0 Å². The molecule has 83 heavy (non-hydrogen) atoms. The van der Waals surface area contributed by atoms with Crippen molar-refractivity contribution in [2.45, 2.75) is 172 Å². The Hall–Kier alpha value is -8.44. The molecule has 0 unspecified atom stereocenters. The third kappa shape index (κ3) is 19.9. The minimum atomic E-state index is -1.87. The fraction of sp³-hybridized carbons (Fsp3) is 0.623. The van der Waals surface area contributed by atoms with Crippen molar-refractivity contribution in [3.63, 3.8) is 0 Å². The highest BCUT2D eigenvalue weighted by atomic mass is 16.4. The molecule has 3 aliphatic heterocycles. The van der Waals surface area contributed by atoms with Crippen molar-refractivity contribution in [2.75, 3.05) is 26.2 Å².